The number of anilines is 1. The van der Waals surface area contributed by atoms with Crippen LogP contribution in [0.15, 0.2) is 18.2 Å². The molecule has 0 spiro atoms. The maximum Gasteiger partial charge on any atom is 0.261 e. The Balaban J connectivity index is 1.28. The average Bonchev–Trinajstić information content (AvgIpc) is 3.33. The second kappa shape index (κ2) is 7.94. The molecular formula is C21H26N4O4. The standard InChI is InChI=1S/C21H26N4O4/c1-23-20(28)16-7-6-15(12-17(16)21(23)29)22-18(26)13-24-8-10-25(11-9-24)19(27)14-4-2-3-5-14/h6-7,12,14H,2-5,8-11,13H2,1H3,(H,22,26). The van der Waals surface area contributed by atoms with Crippen molar-refractivity contribution in [2.24, 2.45) is 5.92 Å². The van der Waals surface area contributed by atoms with Gasteiger partial charge in [-0.3, -0.25) is 29.0 Å². The smallest absolute Gasteiger partial charge is 0.261 e. The number of nitrogens with one attached hydrogen (secondary N) is 1. The molecule has 0 bridgehead atoms. The number of hydrogen-bond acceptors (Lipinski definition) is 5. The van der Waals surface area contributed by atoms with E-state index in [9.17, 15) is 19.2 Å². The number of fused-ring (bicyclic) bond motifs is 1. The number of benzene rings is 1. The van der Waals surface area contributed by atoms with E-state index < -0.39 is 0 Å². The molecule has 4 rings (SSSR count). The highest BCUT2D eigenvalue weighted by molar-refractivity contribution is 6.21. The summed E-state index contributed by atoms with van der Waals surface area (Å²) in [5.41, 5.74) is 1.17. The van der Waals surface area contributed by atoms with Gasteiger partial charge in [-0.2, -0.15) is 0 Å². The van der Waals surface area contributed by atoms with Crippen molar-refractivity contribution in [1.29, 1.82) is 0 Å². The van der Waals surface area contributed by atoms with Gasteiger partial charge in [-0.1, -0.05) is 12.8 Å². The number of hydrogen-bond donors (Lipinski definition) is 1. The van der Waals surface area contributed by atoms with Crippen LogP contribution in [0.2, 0.25) is 0 Å². The van der Waals surface area contributed by atoms with Crippen molar-refractivity contribution in [3.8, 4) is 0 Å². The summed E-state index contributed by atoms with van der Waals surface area (Å²) in [6, 6.07) is 4.76. The number of rotatable bonds is 4. The summed E-state index contributed by atoms with van der Waals surface area (Å²) in [4.78, 5) is 54.0. The molecule has 1 aliphatic carbocycles. The topological polar surface area (TPSA) is 90.0 Å². The molecular weight excluding hydrogens is 372 g/mol. The fraction of sp³-hybridized carbons (Fsp3) is 0.524. The van der Waals surface area contributed by atoms with Crippen LogP contribution >= 0.6 is 0 Å². The lowest BCUT2D eigenvalue weighted by Crippen LogP contribution is -2.51. The van der Waals surface area contributed by atoms with Crippen LogP contribution in [0, 0.1) is 5.92 Å². The minimum Gasteiger partial charge on any atom is -0.340 e. The SMILES string of the molecule is CN1C(=O)c2ccc(NC(=O)CN3CCN(C(=O)C4CCCC4)CC3)cc2C1=O. The van der Waals surface area contributed by atoms with E-state index in [4.69, 9.17) is 0 Å². The zero-order chi connectivity index (χ0) is 20.5. The Morgan fingerprint density at radius 1 is 1.00 bits per heavy atom. The summed E-state index contributed by atoms with van der Waals surface area (Å²) in [7, 11) is 1.44. The van der Waals surface area contributed by atoms with Crippen LogP contribution < -0.4 is 5.32 Å². The van der Waals surface area contributed by atoms with Crippen LogP contribution in [0.3, 0.4) is 0 Å². The molecule has 3 aliphatic rings. The van der Waals surface area contributed by atoms with Gasteiger partial charge < -0.3 is 10.2 Å². The Hall–Kier alpha value is -2.74. The van der Waals surface area contributed by atoms with Gasteiger partial charge >= 0.3 is 0 Å². The molecule has 0 atom stereocenters. The maximum absolute atomic E-state index is 12.5. The molecule has 1 saturated heterocycles. The molecule has 29 heavy (non-hydrogen) atoms. The minimum absolute atomic E-state index is 0.175. The normalized spacial score (nSPS) is 20.3. The second-order valence-electron chi connectivity index (χ2n) is 8.06. The molecule has 2 heterocycles. The van der Waals surface area contributed by atoms with Gasteiger partial charge in [0, 0.05) is 44.8 Å². The Morgan fingerprint density at radius 2 is 1.66 bits per heavy atom. The Labute approximate surface area is 169 Å². The first-order chi connectivity index (χ1) is 13.9. The van der Waals surface area contributed by atoms with E-state index in [0.29, 0.717) is 43.0 Å². The van der Waals surface area contributed by atoms with Crippen molar-refractivity contribution in [3.63, 3.8) is 0 Å². The first kappa shape index (κ1) is 19.6. The Bertz CT molecular complexity index is 854. The molecule has 0 aromatic heterocycles. The minimum atomic E-state index is -0.357. The quantitative estimate of drug-likeness (QED) is 0.770. The van der Waals surface area contributed by atoms with E-state index in [1.54, 1.807) is 18.2 Å². The molecule has 2 fully saturated rings. The van der Waals surface area contributed by atoms with Crippen molar-refractivity contribution in [2.75, 3.05) is 45.1 Å². The lowest BCUT2D eigenvalue weighted by Gasteiger charge is -2.35. The van der Waals surface area contributed by atoms with Crippen molar-refractivity contribution in [3.05, 3.63) is 29.3 Å². The Kier molecular flexibility index (Phi) is 5.36. The van der Waals surface area contributed by atoms with Crippen LogP contribution in [-0.2, 0) is 9.59 Å². The van der Waals surface area contributed by atoms with Crippen LogP contribution in [0.1, 0.15) is 46.4 Å². The van der Waals surface area contributed by atoms with E-state index in [1.165, 1.54) is 7.05 Å². The zero-order valence-corrected chi connectivity index (χ0v) is 16.6. The van der Waals surface area contributed by atoms with Gasteiger partial charge in [0.1, 0.15) is 0 Å². The third kappa shape index (κ3) is 3.89. The highest BCUT2D eigenvalue weighted by Gasteiger charge is 2.33. The van der Waals surface area contributed by atoms with E-state index in [-0.39, 0.29) is 36.1 Å². The lowest BCUT2D eigenvalue weighted by molar-refractivity contribution is -0.137. The molecule has 0 unspecified atom stereocenters. The van der Waals surface area contributed by atoms with Crippen molar-refractivity contribution < 1.29 is 19.2 Å². The van der Waals surface area contributed by atoms with Gasteiger partial charge in [-0.05, 0) is 31.0 Å². The number of carbonyl (C=O) groups is 4. The number of amides is 4. The van der Waals surface area contributed by atoms with Crippen molar-refractivity contribution in [1.82, 2.24) is 14.7 Å². The van der Waals surface area contributed by atoms with Gasteiger partial charge in [-0.25, -0.2) is 0 Å². The summed E-state index contributed by atoms with van der Waals surface area (Å²) < 4.78 is 0. The van der Waals surface area contributed by atoms with Crippen LogP contribution in [0.5, 0.6) is 0 Å². The molecule has 0 radical (unpaired) electrons. The van der Waals surface area contributed by atoms with Crippen molar-refractivity contribution >= 4 is 29.3 Å². The molecule has 1 N–H and O–H groups in total. The fourth-order valence-electron chi connectivity index (χ4n) is 4.40. The Morgan fingerprint density at radius 3 is 2.34 bits per heavy atom. The summed E-state index contributed by atoms with van der Waals surface area (Å²) in [5, 5.41) is 2.80. The zero-order valence-electron chi connectivity index (χ0n) is 16.6. The van der Waals surface area contributed by atoms with E-state index >= 15 is 0 Å². The predicted molar refractivity (Wildman–Crippen MR) is 106 cm³/mol. The number of carbonyl (C=O) groups excluding carboxylic acids is 4. The van der Waals surface area contributed by atoms with Crippen LogP contribution in [-0.4, -0.2) is 78.1 Å². The largest absolute Gasteiger partial charge is 0.340 e. The van der Waals surface area contributed by atoms with Crippen LogP contribution in [0.4, 0.5) is 5.69 Å². The number of imide groups is 1. The monoisotopic (exact) mass is 398 g/mol. The molecule has 1 saturated carbocycles. The van der Waals surface area contributed by atoms with E-state index in [1.807, 2.05) is 9.80 Å². The summed E-state index contributed by atoms with van der Waals surface area (Å²) in [6.45, 7) is 2.89. The first-order valence-corrected chi connectivity index (χ1v) is 10.2. The van der Waals surface area contributed by atoms with Crippen LogP contribution in [0.25, 0.3) is 0 Å². The molecule has 8 nitrogen and oxygen atoms in total. The molecule has 1 aromatic rings. The predicted octanol–water partition coefficient (Wildman–Crippen LogP) is 1.19. The summed E-state index contributed by atoms with van der Waals surface area (Å²) in [6.07, 6.45) is 4.31. The molecule has 1 aromatic carbocycles. The van der Waals surface area contributed by atoms with E-state index in [0.717, 1.165) is 30.6 Å². The highest BCUT2D eigenvalue weighted by atomic mass is 16.2. The molecule has 8 heteroatoms. The van der Waals surface area contributed by atoms with Crippen molar-refractivity contribution in [2.45, 2.75) is 25.7 Å². The molecule has 4 amide bonds. The third-order valence-corrected chi connectivity index (χ3v) is 6.13. The van der Waals surface area contributed by atoms with Gasteiger partial charge in [-0.15, -0.1) is 0 Å². The maximum atomic E-state index is 12.5. The van der Waals surface area contributed by atoms with Gasteiger partial charge in [0.15, 0.2) is 0 Å². The highest BCUT2D eigenvalue weighted by Crippen LogP contribution is 2.27. The average molecular weight is 398 g/mol. The number of piperazine rings is 1. The number of nitrogens with zero attached hydrogens (tertiary/aromatic N) is 3. The second-order valence-corrected chi connectivity index (χ2v) is 8.06. The molecule has 154 valence electrons. The third-order valence-electron chi connectivity index (χ3n) is 6.13. The first-order valence-electron chi connectivity index (χ1n) is 10.2. The summed E-state index contributed by atoms with van der Waals surface area (Å²) >= 11 is 0. The van der Waals surface area contributed by atoms with Gasteiger partial charge in [0.05, 0.1) is 17.7 Å². The molecule has 2 aliphatic heterocycles. The van der Waals surface area contributed by atoms with Gasteiger partial charge in [0.2, 0.25) is 11.8 Å². The fourth-order valence-corrected chi connectivity index (χ4v) is 4.40. The van der Waals surface area contributed by atoms with E-state index in [2.05, 4.69) is 5.32 Å². The summed E-state index contributed by atoms with van der Waals surface area (Å²) in [5.74, 6) is -0.394. The lowest BCUT2D eigenvalue weighted by atomic mass is 10.1. The van der Waals surface area contributed by atoms with Gasteiger partial charge in [0.25, 0.3) is 11.8 Å².